The Bertz CT molecular complexity index is 688. The van der Waals surface area contributed by atoms with Gasteiger partial charge in [0.15, 0.2) is 5.82 Å². The van der Waals surface area contributed by atoms with Crippen molar-refractivity contribution in [3.8, 4) is 11.4 Å². The normalized spacial score (nSPS) is 16.2. The lowest BCUT2D eigenvalue weighted by Crippen LogP contribution is -2.00. The van der Waals surface area contributed by atoms with Gasteiger partial charge in [-0.05, 0) is 0 Å². The third-order valence-corrected chi connectivity index (χ3v) is 1.78. The molecule has 0 radical (unpaired) electrons. The van der Waals surface area contributed by atoms with Crippen LogP contribution in [0.3, 0.4) is 0 Å². The van der Waals surface area contributed by atoms with Crippen molar-refractivity contribution in [3.63, 3.8) is 0 Å². The zero-order valence-electron chi connectivity index (χ0n) is 14.4. The summed E-state index contributed by atoms with van der Waals surface area (Å²) in [6, 6.07) is -2.16. The monoisotopic (exact) mass is 205 g/mol. The maximum absolute atomic E-state index is 7.89. The van der Waals surface area contributed by atoms with Gasteiger partial charge in [-0.3, -0.25) is 0 Å². The fraction of sp³-hybridized carbons (Fsp3) is 0.250. The van der Waals surface area contributed by atoms with Crippen LogP contribution in [0, 0.1) is 0 Å². The van der Waals surface area contributed by atoms with Gasteiger partial charge >= 0.3 is 0 Å². The lowest BCUT2D eigenvalue weighted by molar-refractivity contribution is 0.762. The number of benzene rings is 1. The molecule has 1 heterocycles. The van der Waals surface area contributed by atoms with Crippen LogP contribution < -0.4 is 0 Å². The van der Waals surface area contributed by atoms with E-state index in [1.54, 1.807) is 0 Å². The summed E-state index contributed by atoms with van der Waals surface area (Å²) in [4.78, 5) is 11.8. The van der Waals surface area contributed by atoms with E-state index in [1.165, 1.54) is 0 Å². The van der Waals surface area contributed by atoms with E-state index >= 15 is 0 Å². The zero-order valence-corrected chi connectivity index (χ0v) is 8.42. The van der Waals surface area contributed by atoms with Crippen LogP contribution in [-0.2, 0) is 0 Å². The second-order valence-electron chi connectivity index (χ2n) is 3.27. The van der Waals surface area contributed by atoms with Gasteiger partial charge in [-0.25, -0.2) is 15.0 Å². The predicted molar refractivity (Wildman–Crippen MR) is 59.4 cm³/mol. The van der Waals surface area contributed by atoms with Gasteiger partial charge in [0.25, 0.3) is 0 Å². The molecule has 0 aliphatic carbocycles. The molecule has 0 amide bonds. The molecule has 0 atom stereocenters. The summed E-state index contributed by atoms with van der Waals surface area (Å²) in [5.74, 6) is 0.202. The molecular formula is C12H13N3. The first-order chi connectivity index (χ1) is 9.73. The minimum Gasteiger partial charge on any atom is -0.221 e. The highest BCUT2D eigenvalue weighted by Gasteiger charge is 2.05. The number of nitrogens with zero attached hydrogens (tertiary/aromatic N) is 3. The second-order valence-corrected chi connectivity index (χ2v) is 3.27. The first-order valence-corrected chi connectivity index (χ1v) is 4.54. The molecule has 3 heteroatoms. The molecule has 0 spiro atoms. The molecule has 0 unspecified atom stereocenters. The van der Waals surface area contributed by atoms with Crippen molar-refractivity contribution in [2.75, 3.05) is 0 Å². The zero-order chi connectivity index (χ0) is 15.9. The molecule has 2 aromatic rings. The molecule has 0 aliphatic heterocycles. The van der Waals surface area contributed by atoms with Gasteiger partial charge in [-0.1, -0.05) is 44.1 Å². The average Bonchev–Trinajstić information content (AvgIpc) is 2.42. The number of hydrogen-bond acceptors (Lipinski definition) is 3. The molecule has 0 N–H and O–H groups in total. The molecule has 76 valence electrons. The molecule has 0 fully saturated rings. The van der Waals surface area contributed by atoms with E-state index in [9.17, 15) is 0 Å². The maximum Gasteiger partial charge on any atom is 0.162 e. The van der Waals surface area contributed by atoms with Gasteiger partial charge in [0.2, 0.25) is 0 Å². The lowest BCUT2D eigenvalue weighted by Gasteiger charge is -2.04. The van der Waals surface area contributed by atoms with Crippen molar-refractivity contribution < 1.29 is 8.22 Å². The molecule has 2 rings (SSSR count). The van der Waals surface area contributed by atoms with Crippen LogP contribution in [0.15, 0.2) is 36.5 Å². The van der Waals surface area contributed by atoms with E-state index in [1.807, 2.05) is 13.8 Å². The van der Waals surface area contributed by atoms with Crippen LogP contribution in [0.1, 0.15) is 33.8 Å². The molecule has 0 aliphatic rings. The minimum absolute atomic E-state index is 0.0689. The third kappa shape index (κ3) is 2.18. The highest BCUT2D eigenvalue weighted by Crippen LogP contribution is 2.15. The van der Waals surface area contributed by atoms with Gasteiger partial charge in [0.1, 0.15) is 13.5 Å². The van der Waals surface area contributed by atoms with Crippen molar-refractivity contribution >= 4 is 0 Å². The molecule has 0 saturated heterocycles. The molecule has 0 saturated carbocycles. The van der Waals surface area contributed by atoms with Crippen LogP contribution in [0.25, 0.3) is 11.4 Å². The Kier molecular flexibility index (Phi) is 1.34. The molecule has 3 nitrogen and oxygen atoms in total. The van der Waals surface area contributed by atoms with Crippen LogP contribution in [0.2, 0.25) is 0 Å². The fourth-order valence-electron chi connectivity index (χ4n) is 1.01. The van der Waals surface area contributed by atoms with Crippen LogP contribution in [0.4, 0.5) is 0 Å². The van der Waals surface area contributed by atoms with Gasteiger partial charge in [-0.15, -0.1) is 0 Å². The molecular weight excluding hydrogens is 186 g/mol. The van der Waals surface area contributed by atoms with Crippen molar-refractivity contribution in [1.29, 1.82) is 0 Å². The Labute approximate surface area is 97.7 Å². The number of rotatable bonds is 2. The summed E-state index contributed by atoms with van der Waals surface area (Å²) in [5.41, 5.74) is -0.112. The van der Waals surface area contributed by atoms with Crippen LogP contribution in [0.5, 0.6) is 0 Å². The summed E-state index contributed by atoms with van der Waals surface area (Å²) in [6.07, 6.45) is -0.296. The van der Waals surface area contributed by atoms with E-state index in [2.05, 4.69) is 15.0 Å². The fourth-order valence-corrected chi connectivity index (χ4v) is 1.01. The highest BCUT2D eigenvalue weighted by atomic mass is 15.0. The summed E-state index contributed by atoms with van der Waals surface area (Å²) < 4.78 is 46.2. The summed E-state index contributed by atoms with van der Waals surface area (Å²) in [7, 11) is 0. The Morgan fingerprint density at radius 3 is 2.53 bits per heavy atom. The first-order valence-electron chi connectivity index (χ1n) is 7.54. The quantitative estimate of drug-likeness (QED) is 0.756. The van der Waals surface area contributed by atoms with E-state index in [-0.39, 0.29) is 35.7 Å². The molecule has 0 bridgehead atoms. The van der Waals surface area contributed by atoms with Crippen LogP contribution >= 0.6 is 0 Å². The van der Waals surface area contributed by atoms with Gasteiger partial charge < -0.3 is 0 Å². The summed E-state index contributed by atoms with van der Waals surface area (Å²) in [5, 5.41) is 0. The summed E-state index contributed by atoms with van der Waals surface area (Å²) >= 11 is 0. The van der Waals surface area contributed by atoms with E-state index in [0.717, 1.165) is 0 Å². The largest absolute Gasteiger partial charge is 0.221 e. The van der Waals surface area contributed by atoms with E-state index in [0.29, 0.717) is 5.82 Å². The topological polar surface area (TPSA) is 38.7 Å². The average molecular weight is 205 g/mol. The standard InChI is InChI=1S/C12H13N3/c1-9(2)11-13-8-14-12(15-11)10-6-4-3-5-7-10/h3-9H,1-2H3/i3D,4D,5D,6D,7D,8D. The molecule has 1 aromatic heterocycles. The highest BCUT2D eigenvalue weighted by molar-refractivity contribution is 5.53. The van der Waals surface area contributed by atoms with Crippen molar-refractivity contribution in [2.24, 2.45) is 0 Å². The second kappa shape index (κ2) is 4.17. The molecule has 15 heavy (non-hydrogen) atoms. The number of hydrogen-bond donors (Lipinski definition) is 0. The first kappa shape index (κ1) is 4.84. The number of aromatic nitrogens is 3. The predicted octanol–water partition coefficient (Wildman–Crippen LogP) is 2.66. The summed E-state index contributed by atoms with van der Waals surface area (Å²) in [6.45, 7) is 3.67. The Morgan fingerprint density at radius 1 is 1.13 bits per heavy atom. The molecule has 1 aromatic carbocycles. The van der Waals surface area contributed by atoms with Gasteiger partial charge in [-0.2, -0.15) is 0 Å². The van der Waals surface area contributed by atoms with Gasteiger partial charge in [0.05, 0.1) is 6.85 Å². The minimum atomic E-state index is -0.474. The van der Waals surface area contributed by atoms with Crippen molar-refractivity contribution in [3.05, 3.63) is 42.3 Å². The van der Waals surface area contributed by atoms with Crippen molar-refractivity contribution in [1.82, 2.24) is 15.0 Å². The Hall–Kier alpha value is -1.77. The Balaban J connectivity index is 2.79. The Morgan fingerprint density at radius 2 is 1.87 bits per heavy atom. The van der Waals surface area contributed by atoms with Crippen LogP contribution in [-0.4, -0.2) is 15.0 Å². The van der Waals surface area contributed by atoms with E-state index in [4.69, 9.17) is 8.22 Å². The smallest absolute Gasteiger partial charge is 0.162 e. The lowest BCUT2D eigenvalue weighted by atomic mass is 10.2. The maximum atomic E-state index is 7.89. The van der Waals surface area contributed by atoms with E-state index < -0.39 is 18.1 Å². The SMILES string of the molecule is [2H]c1nc(-c2c([2H])c([2H])c([2H])c([2H])c2[2H])nc(C(C)C)n1. The van der Waals surface area contributed by atoms with Crippen molar-refractivity contribution in [2.45, 2.75) is 19.8 Å². The third-order valence-electron chi connectivity index (χ3n) is 1.78. The van der Waals surface area contributed by atoms with Gasteiger partial charge in [0, 0.05) is 11.5 Å².